The number of anilines is 1. The van der Waals surface area contributed by atoms with E-state index in [2.05, 4.69) is 26.1 Å². The highest BCUT2D eigenvalue weighted by molar-refractivity contribution is 9.10. The third kappa shape index (κ3) is 2.20. The van der Waals surface area contributed by atoms with Gasteiger partial charge in [-0.15, -0.1) is 10.2 Å². The van der Waals surface area contributed by atoms with Crippen LogP contribution in [-0.2, 0) is 0 Å². The Morgan fingerprint density at radius 3 is 2.55 bits per heavy atom. The minimum absolute atomic E-state index is 0.679. The molecule has 0 aliphatic heterocycles. The summed E-state index contributed by atoms with van der Waals surface area (Å²) in [5, 5.41) is 8.46. The SMILES string of the molecule is Cc1nnc(-c2cc(Br)ccc2N)n1-c1ccccc1. The van der Waals surface area contributed by atoms with Crippen molar-refractivity contribution in [1.82, 2.24) is 14.8 Å². The Balaban J connectivity index is 2.24. The lowest BCUT2D eigenvalue weighted by atomic mass is 10.1. The predicted octanol–water partition coefficient (Wildman–Crippen LogP) is 3.59. The molecule has 0 radical (unpaired) electrons. The minimum Gasteiger partial charge on any atom is -0.398 e. The monoisotopic (exact) mass is 328 g/mol. The van der Waals surface area contributed by atoms with E-state index in [4.69, 9.17) is 5.73 Å². The molecule has 0 atom stereocenters. The standard InChI is InChI=1S/C15H13BrN4/c1-10-18-19-15(13-9-11(16)7-8-14(13)17)20(10)12-5-3-2-4-6-12/h2-9H,17H2,1H3. The fraction of sp³-hybridized carbons (Fsp3) is 0.0667. The van der Waals surface area contributed by atoms with Crippen LogP contribution in [0, 0.1) is 6.92 Å². The number of aryl methyl sites for hydroxylation is 1. The van der Waals surface area contributed by atoms with Gasteiger partial charge in [0.05, 0.1) is 0 Å². The van der Waals surface area contributed by atoms with Gasteiger partial charge in [-0.2, -0.15) is 0 Å². The van der Waals surface area contributed by atoms with Crippen molar-refractivity contribution in [2.24, 2.45) is 0 Å². The zero-order valence-electron chi connectivity index (χ0n) is 10.9. The van der Waals surface area contributed by atoms with Crippen LogP contribution in [0.5, 0.6) is 0 Å². The summed E-state index contributed by atoms with van der Waals surface area (Å²) in [7, 11) is 0. The number of para-hydroxylation sites is 1. The Labute approximate surface area is 125 Å². The van der Waals surface area contributed by atoms with Gasteiger partial charge in [-0.3, -0.25) is 4.57 Å². The molecule has 0 unspecified atom stereocenters. The molecule has 0 amide bonds. The van der Waals surface area contributed by atoms with Crippen LogP contribution < -0.4 is 5.73 Å². The molecule has 3 rings (SSSR count). The van der Waals surface area contributed by atoms with Crippen LogP contribution in [0.25, 0.3) is 17.1 Å². The minimum atomic E-state index is 0.679. The van der Waals surface area contributed by atoms with Crippen molar-refractivity contribution in [2.75, 3.05) is 5.73 Å². The number of hydrogen-bond donors (Lipinski definition) is 1. The van der Waals surface area contributed by atoms with Crippen molar-refractivity contribution in [3.8, 4) is 17.1 Å². The zero-order valence-corrected chi connectivity index (χ0v) is 12.5. The molecular weight excluding hydrogens is 316 g/mol. The molecule has 1 heterocycles. The molecule has 4 nitrogen and oxygen atoms in total. The number of hydrogen-bond acceptors (Lipinski definition) is 3. The summed E-state index contributed by atoms with van der Waals surface area (Å²) < 4.78 is 2.96. The Morgan fingerprint density at radius 2 is 1.80 bits per heavy atom. The van der Waals surface area contributed by atoms with Gasteiger partial charge in [-0.05, 0) is 37.3 Å². The molecule has 100 valence electrons. The van der Waals surface area contributed by atoms with E-state index in [9.17, 15) is 0 Å². The third-order valence-corrected chi connectivity index (χ3v) is 3.59. The molecule has 5 heteroatoms. The average Bonchev–Trinajstić information content (AvgIpc) is 2.84. The summed E-state index contributed by atoms with van der Waals surface area (Å²) in [6, 6.07) is 15.7. The summed E-state index contributed by atoms with van der Waals surface area (Å²) in [6.45, 7) is 1.93. The van der Waals surface area contributed by atoms with E-state index in [-0.39, 0.29) is 0 Å². The molecule has 2 aromatic carbocycles. The first kappa shape index (κ1) is 12.9. The maximum Gasteiger partial charge on any atom is 0.170 e. The average molecular weight is 329 g/mol. The van der Waals surface area contributed by atoms with E-state index < -0.39 is 0 Å². The van der Waals surface area contributed by atoms with Gasteiger partial charge in [0, 0.05) is 21.4 Å². The van der Waals surface area contributed by atoms with Gasteiger partial charge >= 0.3 is 0 Å². The predicted molar refractivity (Wildman–Crippen MR) is 83.6 cm³/mol. The number of rotatable bonds is 2. The molecule has 1 aromatic heterocycles. The number of aromatic nitrogens is 3. The maximum atomic E-state index is 6.08. The molecule has 2 N–H and O–H groups in total. The lowest BCUT2D eigenvalue weighted by molar-refractivity contribution is 0.972. The molecule has 0 aliphatic carbocycles. The maximum absolute atomic E-state index is 6.08. The molecular formula is C15H13BrN4. The number of benzene rings is 2. The van der Waals surface area contributed by atoms with Crippen LogP contribution in [0.15, 0.2) is 53.0 Å². The van der Waals surface area contributed by atoms with Crippen molar-refractivity contribution >= 4 is 21.6 Å². The molecule has 3 aromatic rings. The number of halogens is 1. The number of nitrogen functional groups attached to an aromatic ring is 1. The van der Waals surface area contributed by atoms with E-state index >= 15 is 0 Å². The normalized spacial score (nSPS) is 10.7. The second-order valence-electron chi connectivity index (χ2n) is 4.47. The first-order chi connectivity index (χ1) is 9.66. The summed E-state index contributed by atoms with van der Waals surface area (Å²) in [6.07, 6.45) is 0. The summed E-state index contributed by atoms with van der Waals surface area (Å²) in [5.74, 6) is 1.57. The van der Waals surface area contributed by atoms with Crippen LogP contribution in [0.1, 0.15) is 5.82 Å². The van der Waals surface area contributed by atoms with Gasteiger partial charge in [-0.1, -0.05) is 34.1 Å². The molecule has 0 bridgehead atoms. The van der Waals surface area contributed by atoms with Gasteiger partial charge in [0.25, 0.3) is 0 Å². The molecule has 0 aliphatic rings. The quantitative estimate of drug-likeness (QED) is 0.731. The molecule has 0 spiro atoms. The van der Waals surface area contributed by atoms with Crippen molar-refractivity contribution in [3.63, 3.8) is 0 Å². The zero-order chi connectivity index (χ0) is 14.1. The van der Waals surface area contributed by atoms with Gasteiger partial charge in [0.15, 0.2) is 5.82 Å². The smallest absolute Gasteiger partial charge is 0.170 e. The second kappa shape index (κ2) is 5.09. The van der Waals surface area contributed by atoms with Gasteiger partial charge in [-0.25, -0.2) is 0 Å². The highest BCUT2D eigenvalue weighted by Gasteiger charge is 2.15. The van der Waals surface area contributed by atoms with E-state index in [1.807, 2.05) is 60.0 Å². The lowest BCUT2D eigenvalue weighted by Gasteiger charge is -2.10. The highest BCUT2D eigenvalue weighted by Crippen LogP contribution is 2.29. The van der Waals surface area contributed by atoms with Crippen LogP contribution in [0.4, 0.5) is 5.69 Å². The lowest BCUT2D eigenvalue weighted by Crippen LogP contribution is -2.01. The fourth-order valence-electron chi connectivity index (χ4n) is 2.15. The third-order valence-electron chi connectivity index (χ3n) is 3.10. The molecule has 20 heavy (non-hydrogen) atoms. The van der Waals surface area contributed by atoms with Crippen LogP contribution >= 0.6 is 15.9 Å². The van der Waals surface area contributed by atoms with Gasteiger partial charge < -0.3 is 5.73 Å². The fourth-order valence-corrected chi connectivity index (χ4v) is 2.51. The van der Waals surface area contributed by atoms with Crippen molar-refractivity contribution in [3.05, 3.63) is 58.8 Å². The molecule has 0 saturated carbocycles. The van der Waals surface area contributed by atoms with Gasteiger partial charge in [0.2, 0.25) is 0 Å². The van der Waals surface area contributed by atoms with Crippen molar-refractivity contribution < 1.29 is 0 Å². The van der Waals surface area contributed by atoms with E-state index in [0.29, 0.717) is 5.69 Å². The molecule has 0 saturated heterocycles. The number of nitrogens with zero attached hydrogens (tertiary/aromatic N) is 3. The Bertz CT molecular complexity index is 750. The Hall–Kier alpha value is -2.14. The summed E-state index contributed by atoms with van der Waals surface area (Å²) in [5.41, 5.74) is 8.64. The number of nitrogens with two attached hydrogens (primary N) is 1. The van der Waals surface area contributed by atoms with Gasteiger partial charge in [0.1, 0.15) is 5.82 Å². The first-order valence-electron chi connectivity index (χ1n) is 6.19. The van der Waals surface area contributed by atoms with Crippen molar-refractivity contribution in [2.45, 2.75) is 6.92 Å². The van der Waals surface area contributed by atoms with Crippen LogP contribution in [0.3, 0.4) is 0 Å². The highest BCUT2D eigenvalue weighted by atomic mass is 79.9. The molecule has 0 fully saturated rings. The summed E-state index contributed by atoms with van der Waals surface area (Å²) in [4.78, 5) is 0. The Morgan fingerprint density at radius 1 is 1.05 bits per heavy atom. The van der Waals surface area contributed by atoms with E-state index in [1.165, 1.54) is 0 Å². The second-order valence-corrected chi connectivity index (χ2v) is 5.39. The van der Waals surface area contributed by atoms with Crippen LogP contribution in [-0.4, -0.2) is 14.8 Å². The van der Waals surface area contributed by atoms with Crippen molar-refractivity contribution in [1.29, 1.82) is 0 Å². The van der Waals surface area contributed by atoms with E-state index in [0.717, 1.165) is 27.4 Å². The topological polar surface area (TPSA) is 56.7 Å². The Kier molecular flexibility index (Phi) is 3.28. The van der Waals surface area contributed by atoms with Crippen LogP contribution in [0.2, 0.25) is 0 Å². The first-order valence-corrected chi connectivity index (χ1v) is 6.99. The largest absolute Gasteiger partial charge is 0.398 e. The van der Waals surface area contributed by atoms with E-state index in [1.54, 1.807) is 0 Å². The summed E-state index contributed by atoms with van der Waals surface area (Å²) >= 11 is 3.47.